The number of hydrogen-bond donors (Lipinski definition) is 0. The summed E-state index contributed by atoms with van der Waals surface area (Å²) in [7, 11) is -11.7. The minimum Gasteiger partial charge on any atom is -0.414 e. The van der Waals surface area contributed by atoms with E-state index in [4.69, 9.17) is 4.43 Å². The van der Waals surface area contributed by atoms with Crippen molar-refractivity contribution in [2.24, 2.45) is 17.3 Å². The molecule has 1 spiro atoms. The molecule has 1 heterocycles. The molecule has 1 saturated carbocycles. The highest BCUT2D eigenvalue weighted by Gasteiger charge is 2.58. The van der Waals surface area contributed by atoms with Crippen molar-refractivity contribution in [1.29, 1.82) is 0 Å². The van der Waals surface area contributed by atoms with Gasteiger partial charge in [-0.2, -0.15) is 25.9 Å². The topological polar surface area (TPSA) is 90.0 Å². The van der Waals surface area contributed by atoms with E-state index in [2.05, 4.69) is 38.0 Å². The second kappa shape index (κ2) is 11.5. The second-order valence-electron chi connectivity index (χ2n) is 13.7. The first-order chi connectivity index (χ1) is 19.2. The summed E-state index contributed by atoms with van der Waals surface area (Å²) in [5.74, 6) is -0.241. The zero-order chi connectivity index (χ0) is 31.4. The van der Waals surface area contributed by atoms with E-state index in [1.807, 2.05) is 6.92 Å². The van der Waals surface area contributed by atoms with Gasteiger partial charge in [-0.1, -0.05) is 38.5 Å². The predicted molar refractivity (Wildman–Crippen MR) is 158 cm³/mol. The third kappa shape index (κ3) is 6.50. The number of aryl methyl sites for hydroxylation is 1. The molecule has 0 unspecified atom stereocenters. The maximum Gasteiger partial charge on any atom is 0.534 e. The summed E-state index contributed by atoms with van der Waals surface area (Å²) in [6.07, 6.45) is 4.99. The van der Waals surface area contributed by atoms with Gasteiger partial charge in [0.15, 0.2) is 8.32 Å². The summed E-state index contributed by atoms with van der Waals surface area (Å²) in [4.78, 5) is 0.260. The third-order valence-electron chi connectivity index (χ3n) is 10.1. The van der Waals surface area contributed by atoms with Crippen LogP contribution in [0.1, 0.15) is 71.3 Å². The smallest absolute Gasteiger partial charge is 0.414 e. The van der Waals surface area contributed by atoms with Crippen molar-refractivity contribution in [2.75, 3.05) is 13.1 Å². The molecule has 3 aliphatic rings. The summed E-state index contributed by atoms with van der Waals surface area (Å²) >= 11 is 0. The molecule has 0 radical (unpaired) electrons. The molecule has 0 amide bonds. The number of rotatable bonds is 6. The highest BCUT2D eigenvalue weighted by molar-refractivity contribution is 7.89. The van der Waals surface area contributed by atoms with Gasteiger partial charge in [0.2, 0.25) is 10.0 Å². The fraction of sp³-hybridized carbons (Fsp3) is 0.724. The van der Waals surface area contributed by atoms with E-state index in [1.54, 1.807) is 28.6 Å². The van der Waals surface area contributed by atoms with Gasteiger partial charge in [-0.3, -0.25) is 0 Å². The van der Waals surface area contributed by atoms with Gasteiger partial charge in [0, 0.05) is 25.6 Å². The molecular formula is C29H44F3NO6S2Si. The Morgan fingerprint density at radius 1 is 1.00 bits per heavy atom. The van der Waals surface area contributed by atoms with Crippen LogP contribution in [0.15, 0.2) is 41.0 Å². The van der Waals surface area contributed by atoms with E-state index in [9.17, 15) is 30.0 Å². The number of benzene rings is 1. The maximum absolute atomic E-state index is 13.6. The Balaban J connectivity index is 1.64. The molecule has 2 fully saturated rings. The SMILES string of the molecule is Cc1ccc(S(=O)(=O)N2CCC[C@H]3[C@H](O[Si](C)(C)C(C)(C)C)C[C@@H]4CC(OS(=O)(=O)C(F)(F)F)=CC[C@@]43CCC2)cc1. The second-order valence-corrected chi connectivity index (χ2v) is 21.9. The van der Waals surface area contributed by atoms with E-state index in [0.717, 1.165) is 5.56 Å². The number of sulfonamides is 1. The normalized spacial score (nSPS) is 28.6. The standard InChI is InChI=1S/C29H44F3NO6S2Si/c1-21-10-12-24(13-11-21)40(34,35)33-17-7-9-25-26(39-42(5,6)27(2,3)4)20-22-19-23(38-41(36,37)29(30,31)32)14-16-28(22,25)15-8-18-33/h10-14,22,25-26H,7-9,15-20H2,1-6H3/t22-,25-,26+,28-/m0/s1. The first-order valence-electron chi connectivity index (χ1n) is 14.6. The number of hydrogen-bond acceptors (Lipinski definition) is 6. The maximum atomic E-state index is 13.6. The van der Waals surface area contributed by atoms with E-state index in [0.29, 0.717) is 51.6 Å². The van der Waals surface area contributed by atoms with Crippen molar-refractivity contribution in [2.45, 2.75) is 107 Å². The molecule has 0 aromatic heterocycles. The van der Waals surface area contributed by atoms with Crippen LogP contribution in [0.25, 0.3) is 0 Å². The van der Waals surface area contributed by atoms with Crippen LogP contribution in [0.4, 0.5) is 13.2 Å². The van der Waals surface area contributed by atoms with Gasteiger partial charge in [-0.05, 0) is 99.0 Å². The fourth-order valence-corrected chi connectivity index (χ4v) is 10.2. The van der Waals surface area contributed by atoms with Crippen LogP contribution in [-0.4, -0.2) is 54.2 Å². The van der Waals surface area contributed by atoms with E-state index < -0.39 is 34.0 Å². The fourth-order valence-electron chi connectivity index (χ4n) is 6.78. The molecule has 7 nitrogen and oxygen atoms in total. The predicted octanol–water partition coefficient (Wildman–Crippen LogP) is 7.12. The molecule has 1 aromatic rings. The molecular weight excluding hydrogens is 608 g/mol. The monoisotopic (exact) mass is 651 g/mol. The molecule has 0 N–H and O–H groups in total. The zero-order valence-electron chi connectivity index (χ0n) is 25.3. The van der Waals surface area contributed by atoms with E-state index in [1.165, 1.54) is 6.08 Å². The molecule has 4 atom stereocenters. The quantitative estimate of drug-likeness (QED) is 0.185. The zero-order valence-corrected chi connectivity index (χ0v) is 28.0. The lowest BCUT2D eigenvalue weighted by atomic mass is 9.62. The first-order valence-corrected chi connectivity index (χ1v) is 20.4. The summed E-state index contributed by atoms with van der Waals surface area (Å²) in [5.41, 5.74) is -4.87. The third-order valence-corrected chi connectivity index (χ3v) is 17.5. The summed E-state index contributed by atoms with van der Waals surface area (Å²) in [5, 5.41) is -0.0569. The van der Waals surface area contributed by atoms with Gasteiger partial charge >= 0.3 is 15.6 Å². The minimum atomic E-state index is -5.76. The molecule has 0 bridgehead atoms. The van der Waals surface area contributed by atoms with Crippen molar-refractivity contribution >= 4 is 28.5 Å². The Morgan fingerprint density at radius 2 is 1.62 bits per heavy atom. The van der Waals surface area contributed by atoms with Crippen molar-refractivity contribution in [1.82, 2.24) is 4.31 Å². The molecule has 4 rings (SSSR count). The van der Waals surface area contributed by atoms with Crippen LogP contribution in [-0.2, 0) is 28.8 Å². The number of halogens is 3. The molecule has 1 aromatic carbocycles. The van der Waals surface area contributed by atoms with Gasteiger partial charge < -0.3 is 8.61 Å². The Bertz CT molecular complexity index is 1390. The Labute approximate surface area is 250 Å². The molecule has 238 valence electrons. The van der Waals surface area contributed by atoms with Crippen LogP contribution in [0.3, 0.4) is 0 Å². The largest absolute Gasteiger partial charge is 0.534 e. The highest BCUT2D eigenvalue weighted by Crippen LogP contribution is 2.61. The van der Waals surface area contributed by atoms with Gasteiger partial charge in [-0.15, -0.1) is 0 Å². The lowest BCUT2D eigenvalue weighted by molar-refractivity contribution is -0.0529. The van der Waals surface area contributed by atoms with Gasteiger partial charge in [0.1, 0.15) is 5.76 Å². The van der Waals surface area contributed by atoms with Gasteiger partial charge in [0.05, 0.1) is 4.90 Å². The van der Waals surface area contributed by atoms with E-state index in [-0.39, 0.29) is 45.5 Å². The molecule has 13 heteroatoms. The van der Waals surface area contributed by atoms with Crippen molar-refractivity contribution < 1.29 is 38.6 Å². The Morgan fingerprint density at radius 3 is 2.21 bits per heavy atom. The summed E-state index contributed by atoms with van der Waals surface area (Å²) in [6.45, 7) is 13.4. The van der Waals surface area contributed by atoms with Gasteiger partial charge in [-0.25, -0.2) is 8.42 Å². The average Bonchev–Trinajstić information content (AvgIpc) is 3.17. The average molecular weight is 652 g/mol. The Kier molecular flexibility index (Phi) is 9.17. The van der Waals surface area contributed by atoms with Crippen LogP contribution < -0.4 is 0 Å². The minimum absolute atomic E-state index is 0.0569. The van der Waals surface area contributed by atoms with Crippen molar-refractivity contribution in [3.05, 3.63) is 41.7 Å². The molecule has 42 heavy (non-hydrogen) atoms. The lowest BCUT2D eigenvalue weighted by Gasteiger charge is -2.45. The number of allylic oxidation sites excluding steroid dienone is 2. The van der Waals surface area contributed by atoms with Crippen LogP contribution in [0, 0.1) is 24.2 Å². The van der Waals surface area contributed by atoms with E-state index >= 15 is 0 Å². The highest BCUT2D eigenvalue weighted by atomic mass is 32.2. The van der Waals surface area contributed by atoms with Crippen molar-refractivity contribution in [3.63, 3.8) is 0 Å². The summed E-state index contributed by atoms with van der Waals surface area (Å²) in [6, 6.07) is 6.83. The van der Waals surface area contributed by atoms with Crippen LogP contribution in [0.2, 0.25) is 18.1 Å². The van der Waals surface area contributed by atoms with Crippen molar-refractivity contribution in [3.8, 4) is 0 Å². The number of nitrogens with zero attached hydrogens (tertiary/aromatic N) is 1. The Hall–Kier alpha value is -1.41. The number of alkyl halides is 3. The van der Waals surface area contributed by atoms with Crippen LogP contribution in [0.5, 0.6) is 0 Å². The molecule has 2 aliphatic carbocycles. The van der Waals surface area contributed by atoms with Gasteiger partial charge in [0.25, 0.3) is 0 Å². The molecule has 1 saturated heterocycles. The first kappa shape index (κ1) is 33.5. The molecule has 1 aliphatic heterocycles. The lowest BCUT2D eigenvalue weighted by Crippen LogP contribution is -2.46. The summed E-state index contributed by atoms with van der Waals surface area (Å²) < 4.78 is 103. The van der Waals surface area contributed by atoms with Crippen LogP contribution >= 0.6 is 0 Å².